The van der Waals surface area contributed by atoms with Crippen LogP contribution in [0.1, 0.15) is 65.2 Å². The second kappa shape index (κ2) is 9.88. The molecule has 0 aliphatic carbocycles. The maximum Gasteiger partial charge on any atom is 0.530 e. The first-order chi connectivity index (χ1) is 17.9. The SMILES string of the molecule is [2H]C([2H])(OP1(=O)OCc2c(F)c(C(C)C)cc(C(C)C)c2O1)[C@@]1(F)O[C@@H](n2cc(Cl)c(=O)[nH]c2=O)[C@H](O)[C@@H]1O. The van der Waals surface area contributed by atoms with E-state index in [1.807, 2.05) is 0 Å². The number of H-pyrrole nitrogens is 1. The molecule has 2 aliphatic rings. The number of nitrogens with one attached hydrogen (secondary N) is 1. The molecule has 1 aromatic heterocycles. The molecule has 15 heteroatoms. The van der Waals surface area contributed by atoms with E-state index < -0.39 is 67.4 Å². The standard InChI is InChI=1S/C22H26ClF2N2O9P/c1-9(2)11-5-12(10(3)4)17-13(15(11)24)7-33-37(32,36-17)34-8-22(25)18(29)16(28)20(35-22)27-6-14(23)19(30)26-21(27)31/h5-6,9-10,16,18,20,28-29H,7-8H2,1-4H3,(H,26,30,31)/t16-,18+,20-,22-,37?/m1/s1/i8D2. The molecule has 3 N–H and O–H groups in total. The number of rotatable bonds is 6. The number of nitrogens with zero attached hydrogens (tertiary/aromatic N) is 1. The van der Waals surface area contributed by atoms with Crippen molar-refractivity contribution in [2.24, 2.45) is 0 Å². The Kier molecular flexibility index (Phi) is 6.72. The number of hydrogen-bond donors (Lipinski definition) is 3. The lowest BCUT2D eigenvalue weighted by atomic mass is 9.91. The Balaban J connectivity index is 1.68. The minimum atomic E-state index is -5.04. The van der Waals surface area contributed by atoms with E-state index in [1.54, 1.807) is 32.7 Å². The van der Waals surface area contributed by atoms with Crippen molar-refractivity contribution in [2.75, 3.05) is 6.56 Å². The Morgan fingerprint density at radius 3 is 2.59 bits per heavy atom. The number of phosphoric ester groups is 1. The van der Waals surface area contributed by atoms with Gasteiger partial charge in [0.25, 0.3) is 11.4 Å². The number of phosphoric acid groups is 1. The maximum absolute atomic E-state index is 16.0. The van der Waals surface area contributed by atoms with E-state index in [9.17, 15) is 24.4 Å². The average Bonchev–Trinajstić information content (AvgIpc) is 3.06. The number of aromatic nitrogens is 2. The van der Waals surface area contributed by atoms with Crippen molar-refractivity contribution < 1.29 is 44.6 Å². The Morgan fingerprint density at radius 1 is 1.32 bits per heavy atom. The summed E-state index contributed by atoms with van der Waals surface area (Å²) in [7, 11) is -5.04. The molecule has 0 saturated carbocycles. The van der Waals surface area contributed by atoms with E-state index in [1.165, 1.54) is 6.07 Å². The molecule has 0 amide bonds. The van der Waals surface area contributed by atoms with Gasteiger partial charge in [-0.05, 0) is 29.0 Å². The van der Waals surface area contributed by atoms with Gasteiger partial charge in [0.1, 0.15) is 35.4 Å². The molecule has 0 radical (unpaired) electrons. The van der Waals surface area contributed by atoms with Crippen LogP contribution in [0, 0.1) is 5.82 Å². The monoisotopic (exact) mass is 568 g/mol. The highest BCUT2D eigenvalue weighted by atomic mass is 35.5. The Labute approximate surface area is 217 Å². The molecule has 204 valence electrons. The molecule has 0 spiro atoms. The van der Waals surface area contributed by atoms with Crippen LogP contribution >= 0.6 is 19.4 Å². The van der Waals surface area contributed by atoms with Gasteiger partial charge in [0.2, 0.25) is 0 Å². The van der Waals surface area contributed by atoms with Crippen LogP contribution in [0.2, 0.25) is 5.02 Å². The molecule has 1 fully saturated rings. The van der Waals surface area contributed by atoms with Gasteiger partial charge in [-0.15, -0.1) is 0 Å². The fraction of sp³-hybridized carbons (Fsp3) is 0.545. The molecule has 1 aromatic carbocycles. The number of hydrogen-bond acceptors (Lipinski definition) is 9. The largest absolute Gasteiger partial charge is 0.530 e. The lowest BCUT2D eigenvalue weighted by molar-refractivity contribution is -0.205. The van der Waals surface area contributed by atoms with Gasteiger partial charge in [0.05, 0.1) is 14.9 Å². The van der Waals surface area contributed by atoms with Crippen LogP contribution in [-0.2, 0) is 25.0 Å². The summed E-state index contributed by atoms with van der Waals surface area (Å²) in [6.07, 6.45) is -6.42. The minimum Gasteiger partial charge on any atom is -0.403 e. The summed E-state index contributed by atoms with van der Waals surface area (Å²) >= 11 is 5.68. The van der Waals surface area contributed by atoms with Crippen LogP contribution in [0.4, 0.5) is 8.78 Å². The van der Waals surface area contributed by atoms with Crippen LogP contribution in [0.25, 0.3) is 0 Å². The van der Waals surface area contributed by atoms with E-state index in [0.29, 0.717) is 21.9 Å². The van der Waals surface area contributed by atoms with Gasteiger partial charge in [-0.2, -0.15) is 0 Å². The number of aliphatic hydroxyl groups excluding tert-OH is 2. The third kappa shape index (κ3) is 5.01. The zero-order valence-electron chi connectivity index (χ0n) is 22.0. The molecule has 37 heavy (non-hydrogen) atoms. The third-order valence-electron chi connectivity index (χ3n) is 5.96. The molecule has 2 aromatic rings. The summed E-state index contributed by atoms with van der Waals surface area (Å²) in [5, 5.41) is 20.2. The molecule has 0 bridgehead atoms. The van der Waals surface area contributed by atoms with Gasteiger partial charge < -0.3 is 19.5 Å². The van der Waals surface area contributed by atoms with Crippen molar-refractivity contribution in [2.45, 2.75) is 70.4 Å². The van der Waals surface area contributed by atoms with E-state index in [2.05, 4.69) is 0 Å². The molecule has 5 atom stereocenters. The number of fused-ring (bicyclic) bond motifs is 1. The van der Waals surface area contributed by atoms with Crippen LogP contribution in [0.5, 0.6) is 5.75 Å². The first-order valence-corrected chi connectivity index (χ1v) is 13.0. The van der Waals surface area contributed by atoms with Crippen molar-refractivity contribution in [1.29, 1.82) is 0 Å². The van der Waals surface area contributed by atoms with E-state index >= 15 is 8.78 Å². The Bertz CT molecular complexity index is 1470. The molecule has 3 heterocycles. The lowest BCUT2D eigenvalue weighted by Gasteiger charge is -2.31. The van der Waals surface area contributed by atoms with Crippen molar-refractivity contribution in [3.63, 3.8) is 0 Å². The zero-order valence-corrected chi connectivity index (χ0v) is 21.7. The number of alkyl halides is 1. The van der Waals surface area contributed by atoms with E-state index in [-0.39, 0.29) is 23.1 Å². The summed E-state index contributed by atoms with van der Waals surface area (Å²) < 4.78 is 81.3. The highest BCUT2D eigenvalue weighted by Gasteiger charge is 2.58. The summed E-state index contributed by atoms with van der Waals surface area (Å²) in [4.78, 5) is 25.5. The molecule has 1 saturated heterocycles. The molecule has 2 aliphatic heterocycles. The number of ether oxygens (including phenoxy) is 1. The predicted octanol–water partition coefficient (Wildman–Crippen LogP) is 3.23. The fourth-order valence-electron chi connectivity index (χ4n) is 3.92. The smallest absolute Gasteiger partial charge is 0.403 e. The summed E-state index contributed by atoms with van der Waals surface area (Å²) in [6, 6.07) is 1.52. The Morgan fingerprint density at radius 2 is 1.97 bits per heavy atom. The molecule has 4 rings (SSSR count). The lowest BCUT2D eigenvalue weighted by Crippen LogP contribution is -2.43. The van der Waals surface area contributed by atoms with Crippen molar-refractivity contribution in [3.05, 3.63) is 60.6 Å². The number of aliphatic hydroxyl groups is 2. The highest BCUT2D eigenvalue weighted by molar-refractivity contribution is 7.49. The number of aromatic amines is 1. The maximum atomic E-state index is 16.0. The van der Waals surface area contributed by atoms with Gasteiger partial charge in [-0.25, -0.2) is 18.1 Å². The normalized spacial score (nSPS) is 30.7. The second-order valence-corrected chi connectivity index (χ2v) is 11.1. The highest BCUT2D eigenvalue weighted by Crippen LogP contribution is 2.58. The van der Waals surface area contributed by atoms with E-state index in [0.717, 1.165) is 0 Å². The minimum absolute atomic E-state index is 0.0857. The third-order valence-corrected chi connectivity index (χ3v) is 7.40. The zero-order chi connectivity index (χ0) is 29.2. The second-order valence-electron chi connectivity index (χ2n) is 9.22. The fourth-order valence-corrected chi connectivity index (χ4v) is 5.18. The molecule has 11 nitrogen and oxygen atoms in total. The Hall–Kier alpha value is -2.12. The van der Waals surface area contributed by atoms with Crippen LogP contribution < -0.4 is 15.8 Å². The van der Waals surface area contributed by atoms with Gasteiger partial charge in [-0.3, -0.25) is 23.4 Å². The van der Waals surface area contributed by atoms with Crippen molar-refractivity contribution in [1.82, 2.24) is 9.55 Å². The first kappa shape index (κ1) is 25.2. The van der Waals surface area contributed by atoms with Crippen molar-refractivity contribution >= 4 is 19.4 Å². The van der Waals surface area contributed by atoms with Crippen molar-refractivity contribution in [3.8, 4) is 5.75 Å². The quantitative estimate of drug-likeness (QED) is 0.446. The van der Waals surface area contributed by atoms with Crippen LogP contribution in [0.15, 0.2) is 21.9 Å². The summed E-state index contributed by atoms with van der Waals surface area (Å²) in [5.41, 5.74) is -1.55. The summed E-state index contributed by atoms with van der Waals surface area (Å²) in [5.74, 6) is -5.34. The number of benzene rings is 1. The van der Waals surface area contributed by atoms with Gasteiger partial charge >= 0.3 is 13.5 Å². The molecular weight excluding hydrogens is 541 g/mol. The van der Waals surface area contributed by atoms with Gasteiger partial charge in [0, 0.05) is 6.20 Å². The average molecular weight is 569 g/mol. The topological polar surface area (TPSA) is 149 Å². The first-order valence-electron chi connectivity index (χ1n) is 12.2. The van der Waals surface area contributed by atoms with Crippen LogP contribution in [0.3, 0.4) is 0 Å². The predicted molar refractivity (Wildman–Crippen MR) is 126 cm³/mol. The molecule has 1 unspecified atom stereocenters. The van der Waals surface area contributed by atoms with Gasteiger partial charge in [0.15, 0.2) is 6.23 Å². The number of halogens is 3. The summed E-state index contributed by atoms with van der Waals surface area (Å²) in [6.45, 7) is 2.53. The molecular formula is C22H26ClF2N2O9P. The van der Waals surface area contributed by atoms with E-state index in [4.69, 9.17) is 32.7 Å². The van der Waals surface area contributed by atoms with Gasteiger partial charge in [-0.1, -0.05) is 39.3 Å². The van der Waals surface area contributed by atoms with Crippen LogP contribution in [-0.4, -0.2) is 44.4 Å².